The lowest BCUT2D eigenvalue weighted by molar-refractivity contribution is -0.384. The van der Waals surface area contributed by atoms with E-state index in [1.54, 1.807) is 0 Å². The molecule has 0 saturated heterocycles. The molecule has 9 nitrogen and oxygen atoms in total. The van der Waals surface area contributed by atoms with Gasteiger partial charge in [-0.2, -0.15) is 5.10 Å². The van der Waals surface area contributed by atoms with E-state index in [1.165, 1.54) is 52.7 Å². The highest BCUT2D eigenvalue weighted by molar-refractivity contribution is 7.18. The molecule has 0 unspecified atom stereocenters. The number of rotatable bonds is 5. The number of aryl methyl sites for hydroxylation is 2. The molecular weight excluding hydrogens is 370 g/mol. The van der Waals surface area contributed by atoms with Crippen LogP contribution < -0.4 is 11.0 Å². The van der Waals surface area contributed by atoms with E-state index in [4.69, 9.17) is 0 Å². The van der Waals surface area contributed by atoms with Gasteiger partial charge in [0.25, 0.3) is 17.2 Å². The molecule has 3 rings (SSSR count). The van der Waals surface area contributed by atoms with Gasteiger partial charge in [-0.1, -0.05) is 0 Å². The molecule has 0 aliphatic rings. The summed E-state index contributed by atoms with van der Waals surface area (Å²) in [6, 6.07) is 5.71. The molecular formula is C17H15N5O4S. The maximum Gasteiger partial charge on any atom is 0.269 e. The predicted molar refractivity (Wildman–Crippen MR) is 102 cm³/mol. The molecule has 3 aromatic rings. The fourth-order valence-electron chi connectivity index (χ4n) is 2.43. The van der Waals surface area contributed by atoms with E-state index in [9.17, 15) is 19.7 Å². The number of nitro groups is 1. The summed E-state index contributed by atoms with van der Waals surface area (Å²) in [4.78, 5) is 40.6. The van der Waals surface area contributed by atoms with Crippen LogP contribution in [-0.4, -0.2) is 26.6 Å². The lowest BCUT2D eigenvalue weighted by atomic mass is 10.2. The van der Waals surface area contributed by atoms with Crippen LogP contribution in [-0.2, 0) is 11.3 Å². The van der Waals surface area contributed by atoms with Crippen LogP contribution in [0.4, 0.5) is 5.69 Å². The minimum Gasteiger partial charge on any atom is -0.289 e. The van der Waals surface area contributed by atoms with Crippen molar-refractivity contribution in [3.63, 3.8) is 0 Å². The van der Waals surface area contributed by atoms with Gasteiger partial charge in [0, 0.05) is 17.0 Å². The number of nitrogens with zero attached hydrogens (tertiary/aromatic N) is 4. The maximum absolute atomic E-state index is 12.5. The molecule has 0 aliphatic carbocycles. The molecule has 2 aromatic heterocycles. The number of hydrogen-bond donors (Lipinski definition) is 1. The molecule has 10 heteroatoms. The van der Waals surface area contributed by atoms with Crippen molar-refractivity contribution < 1.29 is 9.72 Å². The van der Waals surface area contributed by atoms with Gasteiger partial charge in [-0.3, -0.25) is 24.3 Å². The van der Waals surface area contributed by atoms with Gasteiger partial charge in [-0.25, -0.2) is 10.4 Å². The third kappa shape index (κ3) is 3.90. The Morgan fingerprint density at radius 1 is 1.37 bits per heavy atom. The fraction of sp³-hybridized carbons (Fsp3) is 0.176. The van der Waals surface area contributed by atoms with E-state index in [1.807, 2.05) is 13.8 Å². The highest BCUT2D eigenvalue weighted by Crippen LogP contribution is 2.25. The number of amides is 1. The number of thiophene rings is 1. The Balaban J connectivity index is 1.68. The van der Waals surface area contributed by atoms with E-state index in [-0.39, 0.29) is 17.8 Å². The number of carbonyl (C=O) groups excluding carboxylic acids is 1. The molecule has 0 fully saturated rings. The van der Waals surface area contributed by atoms with Crippen LogP contribution >= 0.6 is 11.3 Å². The quantitative estimate of drug-likeness (QED) is 0.410. The van der Waals surface area contributed by atoms with Crippen molar-refractivity contribution in [2.75, 3.05) is 0 Å². The van der Waals surface area contributed by atoms with Crippen molar-refractivity contribution >= 4 is 39.4 Å². The van der Waals surface area contributed by atoms with Crippen LogP contribution in [0.5, 0.6) is 0 Å². The second-order valence-corrected chi connectivity index (χ2v) is 6.99. The number of benzene rings is 1. The minimum absolute atomic E-state index is 0.0302. The second-order valence-electron chi connectivity index (χ2n) is 5.78. The Morgan fingerprint density at radius 3 is 2.74 bits per heavy atom. The van der Waals surface area contributed by atoms with Gasteiger partial charge >= 0.3 is 0 Å². The third-order valence-electron chi connectivity index (χ3n) is 3.98. The number of hydrazone groups is 1. The molecule has 1 amide bonds. The smallest absolute Gasteiger partial charge is 0.269 e. The van der Waals surface area contributed by atoms with Gasteiger partial charge in [0.15, 0.2) is 0 Å². The molecule has 0 aliphatic heterocycles. The van der Waals surface area contributed by atoms with Crippen LogP contribution in [0.15, 0.2) is 40.5 Å². The van der Waals surface area contributed by atoms with Crippen molar-refractivity contribution in [2.24, 2.45) is 5.10 Å². The number of fused-ring (bicyclic) bond motifs is 1. The number of nitrogens with one attached hydrogen (secondary N) is 1. The van der Waals surface area contributed by atoms with Crippen LogP contribution in [0.1, 0.15) is 16.0 Å². The van der Waals surface area contributed by atoms with Gasteiger partial charge in [0.1, 0.15) is 11.4 Å². The van der Waals surface area contributed by atoms with E-state index >= 15 is 0 Å². The summed E-state index contributed by atoms with van der Waals surface area (Å²) >= 11 is 1.44. The summed E-state index contributed by atoms with van der Waals surface area (Å²) < 4.78 is 1.23. The van der Waals surface area contributed by atoms with Crippen molar-refractivity contribution in [3.8, 4) is 0 Å². The molecule has 2 heterocycles. The second kappa shape index (κ2) is 7.46. The SMILES string of the molecule is Cc1sc2ncn(CC(=O)N/N=C\c3ccc([N+](=O)[O-])cc3)c(=O)c2c1C. The summed E-state index contributed by atoms with van der Waals surface area (Å²) in [6.45, 7) is 3.56. The average molecular weight is 385 g/mol. The molecule has 0 radical (unpaired) electrons. The summed E-state index contributed by atoms with van der Waals surface area (Å²) in [5.74, 6) is -0.485. The molecule has 0 spiro atoms. The Morgan fingerprint density at radius 2 is 2.07 bits per heavy atom. The number of non-ortho nitro benzene ring substituents is 1. The van der Waals surface area contributed by atoms with Crippen molar-refractivity contribution in [1.29, 1.82) is 0 Å². The van der Waals surface area contributed by atoms with Gasteiger partial charge in [-0.05, 0) is 37.1 Å². The van der Waals surface area contributed by atoms with E-state index in [2.05, 4.69) is 15.5 Å². The highest BCUT2D eigenvalue weighted by atomic mass is 32.1. The van der Waals surface area contributed by atoms with Crippen molar-refractivity contribution in [1.82, 2.24) is 15.0 Å². The summed E-state index contributed by atoms with van der Waals surface area (Å²) in [5.41, 5.74) is 3.49. The molecule has 0 saturated carbocycles. The zero-order chi connectivity index (χ0) is 19.6. The van der Waals surface area contributed by atoms with Crippen LogP contribution in [0.3, 0.4) is 0 Å². The topological polar surface area (TPSA) is 119 Å². The number of carbonyl (C=O) groups is 1. The van der Waals surface area contributed by atoms with E-state index in [0.717, 1.165) is 10.4 Å². The third-order valence-corrected chi connectivity index (χ3v) is 5.09. The Bertz CT molecular complexity index is 1110. The summed E-state index contributed by atoms with van der Waals surface area (Å²) in [7, 11) is 0. The Labute approximate surface area is 157 Å². The van der Waals surface area contributed by atoms with Crippen LogP contribution in [0, 0.1) is 24.0 Å². The van der Waals surface area contributed by atoms with Gasteiger partial charge in [-0.15, -0.1) is 11.3 Å². The first kappa shape index (κ1) is 18.4. The monoisotopic (exact) mass is 385 g/mol. The van der Waals surface area contributed by atoms with E-state index < -0.39 is 10.8 Å². The maximum atomic E-state index is 12.5. The molecule has 27 heavy (non-hydrogen) atoms. The minimum atomic E-state index is -0.498. The highest BCUT2D eigenvalue weighted by Gasteiger charge is 2.13. The molecule has 1 aromatic carbocycles. The molecule has 0 bridgehead atoms. The number of hydrogen-bond acceptors (Lipinski definition) is 7. The standard InChI is InChI=1S/C17H15N5O4S/c1-10-11(2)27-16-15(10)17(24)21(9-18-16)8-14(23)20-19-7-12-3-5-13(6-4-12)22(25)26/h3-7,9H,8H2,1-2H3,(H,20,23)/b19-7-. The largest absolute Gasteiger partial charge is 0.289 e. The van der Waals surface area contributed by atoms with Gasteiger partial charge in [0.05, 0.1) is 22.9 Å². The predicted octanol–water partition coefficient (Wildman–Crippen LogP) is 2.13. The first-order valence-corrected chi connectivity index (χ1v) is 8.70. The van der Waals surface area contributed by atoms with Crippen molar-refractivity contribution in [2.45, 2.75) is 20.4 Å². The van der Waals surface area contributed by atoms with E-state index in [0.29, 0.717) is 15.8 Å². The summed E-state index contributed by atoms with van der Waals surface area (Å²) in [6.07, 6.45) is 2.71. The Hall–Kier alpha value is -3.40. The average Bonchev–Trinajstić information content (AvgIpc) is 2.93. The zero-order valence-electron chi connectivity index (χ0n) is 14.5. The summed E-state index contributed by atoms with van der Waals surface area (Å²) in [5, 5.41) is 14.9. The van der Waals surface area contributed by atoms with Gasteiger partial charge < -0.3 is 0 Å². The molecule has 138 valence electrons. The van der Waals surface area contributed by atoms with Gasteiger partial charge in [0.2, 0.25) is 0 Å². The number of aromatic nitrogens is 2. The normalized spacial score (nSPS) is 11.2. The lowest BCUT2D eigenvalue weighted by Crippen LogP contribution is -2.30. The molecule has 0 atom stereocenters. The lowest BCUT2D eigenvalue weighted by Gasteiger charge is -2.04. The first-order valence-electron chi connectivity index (χ1n) is 7.88. The first-order chi connectivity index (χ1) is 12.9. The zero-order valence-corrected chi connectivity index (χ0v) is 15.3. The number of nitro benzene ring substituents is 1. The van der Waals surface area contributed by atoms with Crippen LogP contribution in [0.25, 0.3) is 10.2 Å². The molecule has 1 N–H and O–H groups in total. The van der Waals surface area contributed by atoms with Crippen LogP contribution in [0.2, 0.25) is 0 Å². The Kier molecular flexibility index (Phi) is 5.08. The van der Waals surface area contributed by atoms with Crippen molar-refractivity contribution in [3.05, 3.63) is 67.1 Å². The fourth-order valence-corrected chi connectivity index (χ4v) is 3.42.